The second-order valence-corrected chi connectivity index (χ2v) is 9.30. The zero-order valence-electron chi connectivity index (χ0n) is 17.7. The highest BCUT2D eigenvalue weighted by atomic mass is 16.2. The van der Waals surface area contributed by atoms with Crippen molar-refractivity contribution < 1.29 is 9.59 Å². The van der Waals surface area contributed by atoms with Crippen molar-refractivity contribution in [2.24, 2.45) is 11.8 Å². The van der Waals surface area contributed by atoms with Crippen LogP contribution in [0.15, 0.2) is 24.3 Å². The molecule has 0 radical (unpaired) electrons. The van der Waals surface area contributed by atoms with Crippen molar-refractivity contribution in [3.8, 4) is 0 Å². The molecule has 1 unspecified atom stereocenters. The van der Waals surface area contributed by atoms with Gasteiger partial charge in [0, 0.05) is 43.5 Å². The number of nitrogens with one attached hydrogen (secondary N) is 1. The quantitative estimate of drug-likeness (QED) is 0.765. The average Bonchev–Trinajstić information content (AvgIpc) is 2.93. The minimum atomic E-state index is -0.228. The van der Waals surface area contributed by atoms with Gasteiger partial charge in [0.15, 0.2) is 0 Å². The maximum Gasteiger partial charge on any atom is 0.229 e. The van der Waals surface area contributed by atoms with Crippen LogP contribution in [0.3, 0.4) is 0 Å². The Bertz CT molecular complexity index is 701. The summed E-state index contributed by atoms with van der Waals surface area (Å²) in [6.45, 7) is 5.11. The Kier molecular flexibility index (Phi) is 6.41. The molecule has 4 rings (SSSR count). The summed E-state index contributed by atoms with van der Waals surface area (Å²) in [5.74, 6) is 0.728. The van der Waals surface area contributed by atoms with Crippen LogP contribution in [0.25, 0.3) is 0 Å². The van der Waals surface area contributed by atoms with E-state index in [1.165, 1.54) is 44.2 Å². The summed E-state index contributed by atoms with van der Waals surface area (Å²) in [4.78, 5) is 29.7. The SMILES string of the molecule is CC1CCN(c2ccc(NC(=O)C3CC(=O)N(C4CCCCCC4)C3)cc2)CC1. The molecular formula is C24H35N3O2. The van der Waals surface area contributed by atoms with E-state index in [1.54, 1.807) is 0 Å². The van der Waals surface area contributed by atoms with Crippen LogP contribution in [0.2, 0.25) is 0 Å². The van der Waals surface area contributed by atoms with Gasteiger partial charge >= 0.3 is 0 Å². The van der Waals surface area contributed by atoms with Gasteiger partial charge in [0.2, 0.25) is 11.8 Å². The molecule has 3 aliphatic rings. The van der Waals surface area contributed by atoms with Gasteiger partial charge < -0.3 is 15.1 Å². The lowest BCUT2D eigenvalue weighted by molar-refractivity contribution is -0.130. The molecule has 0 bridgehead atoms. The van der Waals surface area contributed by atoms with E-state index in [4.69, 9.17) is 0 Å². The summed E-state index contributed by atoms with van der Waals surface area (Å²) in [5, 5.41) is 3.04. The van der Waals surface area contributed by atoms with Crippen molar-refractivity contribution in [3.05, 3.63) is 24.3 Å². The molecule has 0 spiro atoms. The Labute approximate surface area is 174 Å². The summed E-state index contributed by atoms with van der Waals surface area (Å²) >= 11 is 0. The number of nitrogens with zero attached hydrogens (tertiary/aromatic N) is 2. The van der Waals surface area contributed by atoms with Gasteiger partial charge in [-0.3, -0.25) is 9.59 Å². The zero-order valence-corrected chi connectivity index (χ0v) is 17.7. The lowest BCUT2D eigenvalue weighted by Crippen LogP contribution is -2.37. The first-order valence-electron chi connectivity index (χ1n) is 11.6. The largest absolute Gasteiger partial charge is 0.372 e. The van der Waals surface area contributed by atoms with Gasteiger partial charge in [-0.1, -0.05) is 32.6 Å². The maximum absolute atomic E-state index is 12.8. The van der Waals surface area contributed by atoms with Crippen molar-refractivity contribution in [1.82, 2.24) is 4.90 Å². The Morgan fingerprint density at radius 2 is 1.62 bits per heavy atom. The molecule has 1 saturated carbocycles. The van der Waals surface area contributed by atoms with Gasteiger partial charge in [-0.2, -0.15) is 0 Å². The van der Waals surface area contributed by atoms with E-state index in [-0.39, 0.29) is 17.7 Å². The predicted octanol–water partition coefficient (Wildman–Crippen LogP) is 4.43. The van der Waals surface area contributed by atoms with Gasteiger partial charge in [0.1, 0.15) is 0 Å². The summed E-state index contributed by atoms with van der Waals surface area (Å²) in [6, 6.07) is 8.53. The number of benzene rings is 1. The molecule has 1 N–H and O–H groups in total. The van der Waals surface area contributed by atoms with Crippen molar-refractivity contribution in [3.63, 3.8) is 0 Å². The molecule has 5 nitrogen and oxygen atoms in total. The Morgan fingerprint density at radius 3 is 2.28 bits per heavy atom. The average molecular weight is 398 g/mol. The third-order valence-corrected chi connectivity index (χ3v) is 7.08. The number of carbonyl (C=O) groups excluding carboxylic acids is 2. The molecule has 5 heteroatoms. The summed E-state index contributed by atoms with van der Waals surface area (Å²) < 4.78 is 0. The van der Waals surface area contributed by atoms with Crippen LogP contribution >= 0.6 is 0 Å². The van der Waals surface area contributed by atoms with Crippen LogP contribution in [0.4, 0.5) is 11.4 Å². The molecule has 2 aliphatic heterocycles. The molecular weight excluding hydrogens is 362 g/mol. The Hall–Kier alpha value is -2.04. The summed E-state index contributed by atoms with van der Waals surface area (Å²) in [5.41, 5.74) is 2.05. The number of hydrogen-bond donors (Lipinski definition) is 1. The van der Waals surface area contributed by atoms with Crippen LogP contribution in [-0.2, 0) is 9.59 Å². The zero-order chi connectivity index (χ0) is 20.2. The number of hydrogen-bond acceptors (Lipinski definition) is 3. The van der Waals surface area contributed by atoms with Crippen LogP contribution in [-0.4, -0.2) is 42.4 Å². The van der Waals surface area contributed by atoms with E-state index < -0.39 is 0 Å². The molecule has 2 saturated heterocycles. The number of anilines is 2. The second kappa shape index (κ2) is 9.19. The third kappa shape index (κ3) is 4.93. The number of carbonyl (C=O) groups is 2. The standard InChI is InChI=1S/C24H35N3O2/c1-18-12-14-26(15-13-18)21-10-8-20(9-11-21)25-24(29)19-16-23(28)27(17-19)22-6-4-2-3-5-7-22/h8-11,18-19,22H,2-7,12-17H2,1H3,(H,25,29). The number of likely N-dealkylation sites (tertiary alicyclic amines) is 1. The molecule has 2 amide bonds. The normalized spacial score (nSPS) is 24.6. The molecule has 0 aromatic heterocycles. The van der Waals surface area contributed by atoms with E-state index in [2.05, 4.69) is 29.3 Å². The number of piperidine rings is 1. The molecule has 29 heavy (non-hydrogen) atoms. The molecule has 1 aliphatic carbocycles. The van der Waals surface area contributed by atoms with Crippen molar-refractivity contribution in [2.75, 3.05) is 29.9 Å². The highest BCUT2D eigenvalue weighted by Gasteiger charge is 2.37. The second-order valence-electron chi connectivity index (χ2n) is 9.30. The van der Waals surface area contributed by atoms with Gasteiger partial charge in [-0.05, 0) is 55.9 Å². The first-order valence-corrected chi connectivity index (χ1v) is 11.6. The highest BCUT2D eigenvalue weighted by molar-refractivity contribution is 5.97. The van der Waals surface area contributed by atoms with Gasteiger partial charge in [0.05, 0.1) is 5.92 Å². The lowest BCUT2D eigenvalue weighted by atomic mass is 9.99. The van der Waals surface area contributed by atoms with Crippen molar-refractivity contribution in [2.45, 2.75) is 70.8 Å². The van der Waals surface area contributed by atoms with E-state index in [0.717, 1.165) is 37.5 Å². The molecule has 2 heterocycles. The van der Waals surface area contributed by atoms with E-state index >= 15 is 0 Å². The van der Waals surface area contributed by atoms with Crippen LogP contribution in [0, 0.1) is 11.8 Å². The molecule has 1 atom stereocenters. The van der Waals surface area contributed by atoms with Gasteiger partial charge in [-0.25, -0.2) is 0 Å². The first kappa shape index (κ1) is 20.2. The fraction of sp³-hybridized carbons (Fsp3) is 0.667. The van der Waals surface area contributed by atoms with E-state index in [0.29, 0.717) is 19.0 Å². The maximum atomic E-state index is 12.8. The summed E-state index contributed by atoms with van der Waals surface area (Å²) in [7, 11) is 0. The molecule has 3 fully saturated rings. The molecule has 1 aromatic carbocycles. The van der Waals surface area contributed by atoms with E-state index in [9.17, 15) is 9.59 Å². The monoisotopic (exact) mass is 397 g/mol. The number of rotatable bonds is 4. The third-order valence-electron chi connectivity index (χ3n) is 7.08. The Balaban J connectivity index is 1.31. The molecule has 1 aromatic rings. The number of amides is 2. The van der Waals surface area contributed by atoms with Gasteiger partial charge in [0.25, 0.3) is 0 Å². The predicted molar refractivity (Wildman–Crippen MR) is 117 cm³/mol. The van der Waals surface area contributed by atoms with Crippen LogP contribution in [0.5, 0.6) is 0 Å². The van der Waals surface area contributed by atoms with Gasteiger partial charge in [-0.15, -0.1) is 0 Å². The van der Waals surface area contributed by atoms with Crippen LogP contribution in [0.1, 0.15) is 64.7 Å². The minimum Gasteiger partial charge on any atom is -0.372 e. The highest BCUT2D eigenvalue weighted by Crippen LogP contribution is 2.29. The fourth-order valence-electron chi connectivity index (χ4n) is 5.10. The Morgan fingerprint density at radius 1 is 0.966 bits per heavy atom. The smallest absolute Gasteiger partial charge is 0.229 e. The van der Waals surface area contributed by atoms with Crippen molar-refractivity contribution in [1.29, 1.82) is 0 Å². The lowest BCUT2D eigenvalue weighted by Gasteiger charge is -2.32. The minimum absolute atomic E-state index is 0.0194. The summed E-state index contributed by atoms with van der Waals surface area (Å²) in [6.07, 6.45) is 9.97. The van der Waals surface area contributed by atoms with Crippen molar-refractivity contribution >= 4 is 23.2 Å². The topological polar surface area (TPSA) is 52.7 Å². The molecule has 158 valence electrons. The first-order chi connectivity index (χ1) is 14.1. The van der Waals surface area contributed by atoms with Crippen LogP contribution < -0.4 is 10.2 Å². The van der Waals surface area contributed by atoms with E-state index in [1.807, 2.05) is 17.0 Å². The fourth-order valence-corrected chi connectivity index (χ4v) is 5.10.